The van der Waals surface area contributed by atoms with E-state index in [1.165, 1.54) is 81.7 Å². The van der Waals surface area contributed by atoms with Gasteiger partial charge in [-0.3, -0.25) is 0 Å². The van der Waals surface area contributed by atoms with Gasteiger partial charge in [-0.2, -0.15) is 0 Å². The fourth-order valence-corrected chi connectivity index (χ4v) is 14.1. The summed E-state index contributed by atoms with van der Waals surface area (Å²) >= 11 is 0. The van der Waals surface area contributed by atoms with Gasteiger partial charge in [0.2, 0.25) is 0 Å². The predicted molar refractivity (Wildman–Crippen MR) is 223 cm³/mol. The Kier molecular flexibility index (Phi) is 8.09. The summed E-state index contributed by atoms with van der Waals surface area (Å²) in [6.07, 6.45) is 0. The zero-order valence-electron chi connectivity index (χ0n) is 30.0. The molecule has 0 bridgehead atoms. The highest BCUT2D eigenvalue weighted by Crippen LogP contribution is 2.44. The van der Waals surface area contributed by atoms with Gasteiger partial charge in [0.15, 0.2) is 0 Å². The summed E-state index contributed by atoms with van der Waals surface area (Å²) in [6, 6.07) is 51.7. The van der Waals surface area contributed by atoms with E-state index in [9.17, 15) is 0 Å². The molecular formula is C49H44Si. The van der Waals surface area contributed by atoms with Crippen molar-refractivity contribution in [1.29, 1.82) is 0 Å². The van der Waals surface area contributed by atoms with E-state index >= 15 is 0 Å². The van der Waals surface area contributed by atoms with Gasteiger partial charge in [-0.25, -0.2) is 0 Å². The summed E-state index contributed by atoms with van der Waals surface area (Å²) in [5.74, 6) is 3.98. The lowest BCUT2D eigenvalue weighted by Gasteiger charge is -2.38. The van der Waals surface area contributed by atoms with Crippen LogP contribution in [0.25, 0.3) is 76.1 Å². The van der Waals surface area contributed by atoms with Crippen LogP contribution in [-0.4, -0.2) is 8.07 Å². The SMILES string of the molecule is CC(C)[Si](C#Cc1c2cc3ccccc3cc2c(-c2ccc(-c3cccc4ccccc34)cc2)c2cc3ccccc3cc12)(C(C)C)C(C)C. The smallest absolute Gasteiger partial charge is 0.125 e. The van der Waals surface area contributed by atoms with Crippen molar-refractivity contribution >= 4 is 61.9 Å². The van der Waals surface area contributed by atoms with Gasteiger partial charge in [-0.1, -0.05) is 163 Å². The van der Waals surface area contributed by atoms with Gasteiger partial charge in [-0.15, -0.1) is 5.54 Å². The first-order valence-electron chi connectivity index (χ1n) is 18.2. The van der Waals surface area contributed by atoms with Gasteiger partial charge < -0.3 is 0 Å². The van der Waals surface area contributed by atoms with E-state index in [1.54, 1.807) is 0 Å². The molecule has 0 radical (unpaired) electrons. The first-order chi connectivity index (χ1) is 24.3. The number of rotatable bonds is 5. The van der Waals surface area contributed by atoms with Crippen LogP contribution in [0.5, 0.6) is 0 Å². The monoisotopic (exact) mass is 660 g/mol. The van der Waals surface area contributed by atoms with Crippen molar-refractivity contribution in [1.82, 2.24) is 0 Å². The zero-order chi connectivity index (χ0) is 34.6. The Bertz CT molecular complexity index is 2500. The second-order valence-corrected chi connectivity index (χ2v) is 20.6. The Hall–Kier alpha value is -5.16. The summed E-state index contributed by atoms with van der Waals surface area (Å²) in [7, 11) is -1.99. The molecule has 8 aromatic carbocycles. The molecule has 0 atom stereocenters. The summed E-state index contributed by atoms with van der Waals surface area (Å²) in [5, 5.41) is 12.6. The fraction of sp³-hybridized carbons (Fsp3) is 0.184. The molecule has 50 heavy (non-hydrogen) atoms. The van der Waals surface area contributed by atoms with Crippen molar-refractivity contribution in [2.75, 3.05) is 0 Å². The maximum atomic E-state index is 4.12. The molecule has 0 aliphatic heterocycles. The second kappa shape index (κ2) is 12.6. The topological polar surface area (TPSA) is 0 Å². The minimum Gasteiger partial charge on any atom is -0.125 e. The van der Waals surface area contributed by atoms with Gasteiger partial charge in [-0.05, 0) is 117 Å². The van der Waals surface area contributed by atoms with Crippen LogP contribution in [0.4, 0.5) is 0 Å². The van der Waals surface area contributed by atoms with Gasteiger partial charge in [0.25, 0.3) is 0 Å². The second-order valence-electron chi connectivity index (χ2n) is 15.0. The average Bonchev–Trinajstić information content (AvgIpc) is 3.12. The van der Waals surface area contributed by atoms with Crippen molar-refractivity contribution in [2.24, 2.45) is 0 Å². The van der Waals surface area contributed by atoms with Crippen LogP contribution < -0.4 is 0 Å². The number of fused-ring (bicyclic) bond motifs is 5. The third kappa shape index (κ3) is 5.22. The lowest BCUT2D eigenvalue weighted by molar-refractivity contribution is 0.838. The Morgan fingerprint density at radius 1 is 0.400 bits per heavy atom. The maximum Gasteiger partial charge on any atom is 0.146 e. The number of hydrogen-bond acceptors (Lipinski definition) is 0. The summed E-state index contributed by atoms with van der Waals surface area (Å²) in [5.41, 5.74) is 12.0. The van der Waals surface area contributed by atoms with Crippen LogP contribution >= 0.6 is 0 Å². The Labute approximate surface area is 297 Å². The van der Waals surface area contributed by atoms with Crippen molar-refractivity contribution in [3.05, 3.63) is 145 Å². The van der Waals surface area contributed by atoms with E-state index in [2.05, 4.69) is 193 Å². The average molecular weight is 661 g/mol. The molecule has 0 amide bonds. The molecule has 0 aromatic heterocycles. The Morgan fingerprint density at radius 3 is 1.32 bits per heavy atom. The van der Waals surface area contributed by atoms with E-state index in [1.807, 2.05) is 0 Å². The Balaban J connectivity index is 1.47. The molecule has 0 aliphatic rings. The fourth-order valence-electron chi connectivity index (χ4n) is 8.94. The van der Waals surface area contributed by atoms with Crippen LogP contribution in [0.3, 0.4) is 0 Å². The van der Waals surface area contributed by atoms with E-state index < -0.39 is 8.07 Å². The Morgan fingerprint density at radius 2 is 0.820 bits per heavy atom. The van der Waals surface area contributed by atoms with Gasteiger partial charge in [0.05, 0.1) is 0 Å². The minimum absolute atomic E-state index is 0.564. The molecule has 8 aromatic rings. The highest BCUT2D eigenvalue weighted by molar-refractivity contribution is 6.90. The lowest BCUT2D eigenvalue weighted by Crippen LogP contribution is -2.43. The highest BCUT2D eigenvalue weighted by Gasteiger charge is 2.41. The first-order valence-corrected chi connectivity index (χ1v) is 20.4. The lowest BCUT2D eigenvalue weighted by atomic mass is 9.85. The standard InChI is InChI=1S/C49H44Si/c1-32(2)50(33(3)4,34(5)6)27-26-44-45-28-38-15-7-9-17-40(38)30-47(45)49(48-31-41-18-10-8-16-39(41)29-46(44)48)37-24-22-36(23-25-37)43-21-13-19-35-14-11-12-20-42(35)43/h7-25,28-34H,1-6H3. The van der Waals surface area contributed by atoms with Crippen molar-refractivity contribution in [2.45, 2.75) is 58.2 Å². The maximum absolute atomic E-state index is 4.12. The van der Waals surface area contributed by atoms with Crippen molar-refractivity contribution in [3.63, 3.8) is 0 Å². The van der Waals surface area contributed by atoms with Crippen molar-refractivity contribution < 1.29 is 0 Å². The first kappa shape index (κ1) is 32.1. The molecule has 0 nitrogen and oxygen atoms in total. The quantitative estimate of drug-likeness (QED) is 0.0979. The molecule has 0 heterocycles. The molecule has 1 heteroatoms. The number of benzene rings is 8. The largest absolute Gasteiger partial charge is 0.146 e. The van der Waals surface area contributed by atoms with Crippen molar-refractivity contribution in [3.8, 4) is 33.7 Å². The van der Waals surface area contributed by atoms with Crippen LogP contribution in [0.2, 0.25) is 16.6 Å². The molecule has 244 valence electrons. The zero-order valence-corrected chi connectivity index (χ0v) is 31.0. The highest BCUT2D eigenvalue weighted by atomic mass is 28.3. The van der Waals surface area contributed by atoms with Crippen LogP contribution in [0, 0.1) is 11.5 Å². The minimum atomic E-state index is -1.99. The molecule has 8 rings (SSSR count). The summed E-state index contributed by atoms with van der Waals surface area (Å²) in [6.45, 7) is 14.4. The third-order valence-corrected chi connectivity index (χ3v) is 17.7. The molecule has 0 fully saturated rings. The molecule has 0 spiro atoms. The molecular weight excluding hydrogens is 617 g/mol. The van der Waals surface area contributed by atoms with Crippen LogP contribution in [-0.2, 0) is 0 Å². The van der Waals surface area contributed by atoms with E-state index in [0.717, 1.165) is 0 Å². The molecule has 0 saturated heterocycles. The van der Waals surface area contributed by atoms with Crippen LogP contribution in [0.15, 0.2) is 140 Å². The molecule has 0 aliphatic carbocycles. The van der Waals surface area contributed by atoms with Gasteiger partial charge in [0, 0.05) is 5.56 Å². The number of hydrogen-bond donors (Lipinski definition) is 0. The van der Waals surface area contributed by atoms with E-state index in [-0.39, 0.29) is 0 Å². The summed E-state index contributed by atoms with van der Waals surface area (Å²) < 4.78 is 0. The van der Waals surface area contributed by atoms with E-state index in [0.29, 0.717) is 16.6 Å². The van der Waals surface area contributed by atoms with E-state index in [4.69, 9.17) is 0 Å². The summed E-state index contributed by atoms with van der Waals surface area (Å²) in [4.78, 5) is 0. The molecule has 0 N–H and O–H groups in total. The predicted octanol–water partition coefficient (Wildman–Crippen LogP) is 14.4. The van der Waals surface area contributed by atoms with Gasteiger partial charge in [0.1, 0.15) is 8.07 Å². The normalized spacial score (nSPS) is 12.2. The third-order valence-electron chi connectivity index (χ3n) is 11.4. The molecule has 0 unspecified atom stereocenters. The van der Waals surface area contributed by atoms with Crippen LogP contribution in [0.1, 0.15) is 47.1 Å². The van der Waals surface area contributed by atoms with Gasteiger partial charge >= 0.3 is 0 Å². The molecule has 0 saturated carbocycles.